The summed E-state index contributed by atoms with van der Waals surface area (Å²) in [7, 11) is 0. The molecule has 0 radical (unpaired) electrons. The lowest BCUT2D eigenvalue weighted by atomic mass is 9.98. The first-order valence-corrected chi connectivity index (χ1v) is 9.16. The number of nitrogens with one attached hydrogen (secondary N) is 1. The second-order valence-corrected chi connectivity index (χ2v) is 7.38. The quantitative estimate of drug-likeness (QED) is 0.817. The summed E-state index contributed by atoms with van der Waals surface area (Å²) in [4.78, 5) is 7.38. The van der Waals surface area contributed by atoms with E-state index in [2.05, 4.69) is 12.2 Å². The van der Waals surface area contributed by atoms with Crippen LogP contribution in [0.1, 0.15) is 41.4 Å². The molecule has 5 heteroatoms. The molecule has 2 nitrogen and oxygen atoms in total. The molecule has 0 fully saturated rings. The Morgan fingerprint density at radius 2 is 2.19 bits per heavy atom. The van der Waals surface area contributed by atoms with E-state index in [-0.39, 0.29) is 5.82 Å². The van der Waals surface area contributed by atoms with Crippen molar-refractivity contribution in [2.45, 2.75) is 42.9 Å². The highest BCUT2D eigenvalue weighted by Crippen LogP contribution is 2.35. The number of aryl methyl sites for hydroxylation is 1. The predicted octanol–water partition coefficient (Wildman–Crippen LogP) is 4.56. The van der Waals surface area contributed by atoms with Crippen LogP contribution >= 0.6 is 23.1 Å². The predicted molar refractivity (Wildman–Crippen MR) is 87.4 cm³/mol. The summed E-state index contributed by atoms with van der Waals surface area (Å²) in [6.45, 7) is 3.13. The van der Waals surface area contributed by atoms with Crippen LogP contribution in [0.3, 0.4) is 0 Å². The molecule has 1 aromatic carbocycles. The Morgan fingerprint density at radius 3 is 2.95 bits per heavy atom. The smallest absolute Gasteiger partial charge is 0.123 e. The Kier molecular flexibility index (Phi) is 4.93. The van der Waals surface area contributed by atoms with Crippen LogP contribution in [0.2, 0.25) is 0 Å². The highest BCUT2D eigenvalue weighted by Gasteiger charge is 2.23. The van der Waals surface area contributed by atoms with Crippen molar-refractivity contribution in [2.75, 3.05) is 6.54 Å². The minimum atomic E-state index is -0.183. The number of halogens is 1. The van der Waals surface area contributed by atoms with Crippen molar-refractivity contribution in [3.8, 4) is 0 Å². The third-order valence-electron chi connectivity index (χ3n) is 3.63. The van der Waals surface area contributed by atoms with Crippen molar-refractivity contribution in [1.82, 2.24) is 10.3 Å². The lowest BCUT2D eigenvalue weighted by Crippen LogP contribution is -2.24. The van der Waals surface area contributed by atoms with Crippen LogP contribution in [-0.4, -0.2) is 11.5 Å². The Hall–Kier alpha value is -0.910. The maximum absolute atomic E-state index is 12.9. The van der Waals surface area contributed by atoms with Gasteiger partial charge in [0.15, 0.2) is 0 Å². The topological polar surface area (TPSA) is 24.9 Å². The van der Waals surface area contributed by atoms with Gasteiger partial charge in [-0.15, -0.1) is 23.1 Å². The zero-order valence-corrected chi connectivity index (χ0v) is 13.7. The van der Waals surface area contributed by atoms with Gasteiger partial charge in [0.05, 0.1) is 17.5 Å². The van der Waals surface area contributed by atoms with Gasteiger partial charge in [-0.05, 0) is 50.1 Å². The molecular weight excluding hydrogens is 303 g/mol. The summed E-state index contributed by atoms with van der Waals surface area (Å²) < 4.78 is 12.9. The van der Waals surface area contributed by atoms with Crippen molar-refractivity contribution < 1.29 is 4.39 Å². The fraction of sp³-hybridized carbons (Fsp3) is 0.438. The first kappa shape index (κ1) is 15.0. The maximum atomic E-state index is 12.9. The number of rotatable bonds is 5. The lowest BCUT2D eigenvalue weighted by Gasteiger charge is -2.21. The molecular formula is C16H19FN2S2. The molecule has 1 aliphatic carbocycles. The van der Waals surface area contributed by atoms with Crippen LogP contribution < -0.4 is 5.32 Å². The molecule has 1 unspecified atom stereocenters. The van der Waals surface area contributed by atoms with E-state index in [9.17, 15) is 4.39 Å². The van der Waals surface area contributed by atoms with E-state index in [4.69, 9.17) is 4.98 Å². The van der Waals surface area contributed by atoms with Crippen molar-refractivity contribution in [1.29, 1.82) is 0 Å². The molecule has 1 aromatic heterocycles. The van der Waals surface area contributed by atoms with E-state index in [1.165, 1.54) is 40.6 Å². The van der Waals surface area contributed by atoms with Gasteiger partial charge >= 0.3 is 0 Å². The monoisotopic (exact) mass is 322 g/mol. The van der Waals surface area contributed by atoms with Crippen LogP contribution in [0.25, 0.3) is 0 Å². The number of thioether (sulfide) groups is 1. The van der Waals surface area contributed by atoms with Crippen LogP contribution in [0.5, 0.6) is 0 Å². The molecule has 1 heterocycles. The van der Waals surface area contributed by atoms with E-state index in [1.807, 2.05) is 23.5 Å². The molecule has 2 aromatic rings. The van der Waals surface area contributed by atoms with Crippen molar-refractivity contribution in [3.63, 3.8) is 0 Å². The van der Waals surface area contributed by atoms with Gasteiger partial charge < -0.3 is 5.32 Å². The highest BCUT2D eigenvalue weighted by atomic mass is 32.2. The van der Waals surface area contributed by atoms with Crippen molar-refractivity contribution in [3.05, 3.63) is 45.7 Å². The van der Waals surface area contributed by atoms with Gasteiger partial charge in [0, 0.05) is 9.77 Å². The van der Waals surface area contributed by atoms with Crippen LogP contribution in [0.15, 0.2) is 29.2 Å². The van der Waals surface area contributed by atoms with Gasteiger partial charge in [-0.1, -0.05) is 6.92 Å². The average molecular weight is 322 g/mol. The summed E-state index contributed by atoms with van der Waals surface area (Å²) in [5, 5.41) is 4.71. The molecule has 3 rings (SSSR count). The van der Waals surface area contributed by atoms with E-state index < -0.39 is 0 Å². The third-order valence-corrected chi connectivity index (χ3v) is 5.96. The molecule has 0 aliphatic heterocycles. The second kappa shape index (κ2) is 6.90. The second-order valence-electron chi connectivity index (χ2n) is 5.16. The molecule has 0 saturated heterocycles. The van der Waals surface area contributed by atoms with Gasteiger partial charge in [0.25, 0.3) is 0 Å². The molecule has 0 amide bonds. The SMILES string of the molecule is CCNC1CCCc2sc(CSc3ccc(F)cc3)nc21. The van der Waals surface area contributed by atoms with E-state index >= 15 is 0 Å². The van der Waals surface area contributed by atoms with Gasteiger partial charge in [0.1, 0.15) is 10.8 Å². The summed E-state index contributed by atoms with van der Waals surface area (Å²) >= 11 is 3.56. The number of fused-ring (bicyclic) bond motifs is 1. The van der Waals surface area contributed by atoms with Gasteiger partial charge in [-0.2, -0.15) is 0 Å². The lowest BCUT2D eigenvalue weighted by molar-refractivity contribution is 0.465. The third kappa shape index (κ3) is 3.65. The van der Waals surface area contributed by atoms with Crippen LogP contribution in [-0.2, 0) is 12.2 Å². The first-order chi connectivity index (χ1) is 10.3. The fourth-order valence-electron chi connectivity index (χ4n) is 2.65. The summed E-state index contributed by atoms with van der Waals surface area (Å²) in [6, 6.07) is 7.11. The molecule has 0 bridgehead atoms. The first-order valence-electron chi connectivity index (χ1n) is 7.36. The minimum Gasteiger partial charge on any atom is -0.309 e. The standard InChI is InChI=1S/C16H19FN2S2/c1-2-18-13-4-3-5-14-16(13)19-15(21-14)10-20-12-8-6-11(17)7-9-12/h6-9,13,18H,2-5,10H2,1H3. The average Bonchev–Trinajstić information content (AvgIpc) is 2.91. The Balaban J connectivity index is 1.68. The van der Waals surface area contributed by atoms with Crippen molar-refractivity contribution >= 4 is 23.1 Å². The van der Waals surface area contributed by atoms with E-state index in [1.54, 1.807) is 11.8 Å². The molecule has 1 N–H and O–H groups in total. The number of hydrogen-bond donors (Lipinski definition) is 1. The molecule has 21 heavy (non-hydrogen) atoms. The summed E-state index contributed by atoms with van der Waals surface area (Å²) in [5.74, 6) is 0.680. The number of nitrogens with zero attached hydrogens (tertiary/aromatic N) is 1. The molecule has 1 aliphatic rings. The normalized spacial score (nSPS) is 17.7. The molecule has 0 saturated carbocycles. The number of aromatic nitrogens is 1. The fourth-order valence-corrected chi connectivity index (χ4v) is 4.71. The van der Waals surface area contributed by atoms with E-state index in [0.29, 0.717) is 6.04 Å². The number of thiazole rings is 1. The Labute approximate surface area is 133 Å². The largest absolute Gasteiger partial charge is 0.309 e. The zero-order chi connectivity index (χ0) is 14.7. The van der Waals surface area contributed by atoms with Gasteiger partial charge in [-0.25, -0.2) is 9.37 Å². The zero-order valence-electron chi connectivity index (χ0n) is 12.1. The minimum absolute atomic E-state index is 0.183. The van der Waals surface area contributed by atoms with Crippen LogP contribution in [0, 0.1) is 5.82 Å². The van der Waals surface area contributed by atoms with Crippen molar-refractivity contribution in [2.24, 2.45) is 0 Å². The number of benzene rings is 1. The summed E-state index contributed by atoms with van der Waals surface area (Å²) in [6.07, 6.45) is 3.60. The number of hydrogen-bond acceptors (Lipinski definition) is 4. The Bertz CT molecular complexity index is 595. The summed E-state index contributed by atoms with van der Waals surface area (Å²) in [5.41, 5.74) is 1.27. The van der Waals surface area contributed by atoms with E-state index in [0.717, 1.165) is 23.6 Å². The molecule has 1 atom stereocenters. The Morgan fingerprint density at radius 1 is 1.38 bits per heavy atom. The molecule has 0 spiro atoms. The van der Waals surface area contributed by atoms with Crippen LogP contribution in [0.4, 0.5) is 4.39 Å². The highest BCUT2D eigenvalue weighted by molar-refractivity contribution is 7.98. The maximum Gasteiger partial charge on any atom is 0.123 e. The van der Waals surface area contributed by atoms with Gasteiger partial charge in [0.2, 0.25) is 0 Å². The van der Waals surface area contributed by atoms with Gasteiger partial charge in [-0.3, -0.25) is 0 Å². The molecule has 112 valence electrons.